The minimum absolute atomic E-state index is 0.121. The number of aromatic amines is 1. The van der Waals surface area contributed by atoms with Crippen molar-refractivity contribution in [1.29, 1.82) is 5.26 Å². The number of aromatic nitrogens is 2. The maximum absolute atomic E-state index is 10.9. The van der Waals surface area contributed by atoms with E-state index < -0.39 is 10.1 Å². The summed E-state index contributed by atoms with van der Waals surface area (Å²) in [4.78, 5) is 6.67. The first-order valence-electron chi connectivity index (χ1n) is 4.34. The summed E-state index contributed by atoms with van der Waals surface area (Å²) >= 11 is 0. The molecule has 82 valence electrons. The Morgan fingerprint density at radius 2 is 2.25 bits per heavy atom. The smallest absolute Gasteiger partial charge is 0.294 e. The predicted octanol–water partition coefficient (Wildman–Crippen LogP) is 0.876. The molecule has 16 heavy (non-hydrogen) atoms. The van der Waals surface area contributed by atoms with Gasteiger partial charge in [0.1, 0.15) is 5.82 Å². The first kappa shape index (κ1) is 10.6. The van der Waals surface area contributed by atoms with Crippen LogP contribution < -0.4 is 0 Å². The summed E-state index contributed by atoms with van der Waals surface area (Å²) in [6, 6.07) is 5.93. The van der Waals surface area contributed by atoms with Crippen molar-refractivity contribution in [3.63, 3.8) is 0 Å². The summed E-state index contributed by atoms with van der Waals surface area (Å²) in [5, 5.41) is 8.48. The van der Waals surface area contributed by atoms with Crippen LogP contribution in [0.1, 0.15) is 5.82 Å². The summed E-state index contributed by atoms with van der Waals surface area (Å²) in [5.41, 5.74) is 1.03. The molecule has 0 unspecified atom stereocenters. The first-order valence-corrected chi connectivity index (χ1v) is 5.78. The fraction of sp³-hybridized carbons (Fsp3) is 0.111. The van der Waals surface area contributed by atoms with E-state index in [-0.39, 0.29) is 11.3 Å². The lowest BCUT2D eigenvalue weighted by Crippen LogP contribution is -1.97. The number of fused-ring (bicyclic) bond motifs is 1. The summed E-state index contributed by atoms with van der Waals surface area (Å²) in [6.45, 7) is 0. The van der Waals surface area contributed by atoms with E-state index >= 15 is 0 Å². The first-order chi connectivity index (χ1) is 7.50. The van der Waals surface area contributed by atoms with Gasteiger partial charge >= 0.3 is 0 Å². The average molecular weight is 237 g/mol. The van der Waals surface area contributed by atoms with Crippen molar-refractivity contribution in [1.82, 2.24) is 9.97 Å². The minimum atomic E-state index is -4.21. The van der Waals surface area contributed by atoms with Gasteiger partial charge in [-0.1, -0.05) is 0 Å². The third-order valence-corrected chi connectivity index (χ3v) is 2.90. The van der Waals surface area contributed by atoms with Gasteiger partial charge < -0.3 is 4.98 Å². The Morgan fingerprint density at radius 3 is 2.88 bits per heavy atom. The zero-order valence-electron chi connectivity index (χ0n) is 8.01. The molecule has 1 heterocycles. The maximum Gasteiger partial charge on any atom is 0.294 e. The number of rotatable bonds is 2. The summed E-state index contributed by atoms with van der Waals surface area (Å²) in [6.07, 6.45) is 0.121. The van der Waals surface area contributed by atoms with Crippen LogP contribution >= 0.6 is 0 Å². The molecule has 2 N–H and O–H groups in total. The molecule has 0 saturated carbocycles. The molecule has 0 radical (unpaired) electrons. The van der Waals surface area contributed by atoms with Gasteiger partial charge in [-0.3, -0.25) is 4.55 Å². The van der Waals surface area contributed by atoms with E-state index in [0.717, 1.165) is 0 Å². The fourth-order valence-corrected chi connectivity index (χ4v) is 1.87. The van der Waals surface area contributed by atoms with E-state index in [2.05, 4.69) is 9.97 Å². The number of nitrogens with one attached hydrogen (secondary N) is 1. The van der Waals surface area contributed by atoms with E-state index in [1.165, 1.54) is 18.2 Å². The van der Waals surface area contributed by atoms with Crippen LogP contribution in [0, 0.1) is 11.3 Å². The van der Waals surface area contributed by atoms with Crippen molar-refractivity contribution < 1.29 is 13.0 Å². The topological polar surface area (TPSA) is 107 Å². The summed E-state index contributed by atoms with van der Waals surface area (Å²) in [7, 11) is -4.21. The van der Waals surface area contributed by atoms with Crippen LogP contribution in [-0.4, -0.2) is 22.9 Å². The van der Waals surface area contributed by atoms with Crippen molar-refractivity contribution in [2.24, 2.45) is 0 Å². The Bertz CT molecular complexity index is 682. The third-order valence-electron chi connectivity index (χ3n) is 2.05. The molecular formula is C9H7N3O3S. The SMILES string of the molecule is N#CCc1nc2ccc(S(=O)(=O)O)cc2[nH]1. The van der Waals surface area contributed by atoms with Crippen LogP contribution in [0.2, 0.25) is 0 Å². The van der Waals surface area contributed by atoms with Crippen molar-refractivity contribution in [2.45, 2.75) is 11.3 Å². The Labute approximate surface area is 91.3 Å². The Balaban J connectivity index is 2.59. The fourth-order valence-electron chi connectivity index (χ4n) is 1.36. The maximum atomic E-state index is 10.9. The molecule has 0 atom stereocenters. The minimum Gasteiger partial charge on any atom is -0.341 e. The second-order valence-electron chi connectivity index (χ2n) is 3.17. The number of benzene rings is 1. The van der Waals surface area contributed by atoms with Gasteiger partial charge in [-0.2, -0.15) is 13.7 Å². The number of H-pyrrole nitrogens is 1. The lowest BCUT2D eigenvalue weighted by Gasteiger charge is -1.95. The van der Waals surface area contributed by atoms with Crippen LogP contribution in [0.5, 0.6) is 0 Å². The van der Waals surface area contributed by atoms with Gasteiger partial charge in [0.05, 0.1) is 28.4 Å². The lowest BCUT2D eigenvalue weighted by atomic mass is 10.3. The van der Waals surface area contributed by atoms with Crippen LogP contribution in [0.4, 0.5) is 0 Å². The van der Waals surface area contributed by atoms with Gasteiger partial charge in [0, 0.05) is 0 Å². The third kappa shape index (κ3) is 1.88. The molecule has 7 heteroatoms. The molecule has 0 aliphatic heterocycles. The highest BCUT2D eigenvalue weighted by Gasteiger charge is 2.11. The zero-order valence-corrected chi connectivity index (χ0v) is 8.82. The molecular weight excluding hydrogens is 230 g/mol. The predicted molar refractivity (Wildman–Crippen MR) is 55.2 cm³/mol. The number of nitriles is 1. The second-order valence-corrected chi connectivity index (χ2v) is 4.59. The molecule has 0 aliphatic rings. The Morgan fingerprint density at radius 1 is 1.50 bits per heavy atom. The highest BCUT2D eigenvalue weighted by atomic mass is 32.2. The lowest BCUT2D eigenvalue weighted by molar-refractivity contribution is 0.483. The molecule has 1 aromatic carbocycles. The van der Waals surface area contributed by atoms with Crippen molar-refractivity contribution >= 4 is 21.2 Å². The van der Waals surface area contributed by atoms with E-state index in [1.807, 2.05) is 6.07 Å². The van der Waals surface area contributed by atoms with Crippen molar-refractivity contribution in [2.75, 3.05) is 0 Å². The number of nitrogens with zero attached hydrogens (tertiary/aromatic N) is 2. The van der Waals surface area contributed by atoms with Gasteiger partial charge in [0.2, 0.25) is 0 Å². The van der Waals surface area contributed by atoms with Crippen LogP contribution in [0.3, 0.4) is 0 Å². The molecule has 1 aromatic heterocycles. The van der Waals surface area contributed by atoms with Crippen LogP contribution in [-0.2, 0) is 16.5 Å². The van der Waals surface area contributed by atoms with E-state index in [0.29, 0.717) is 16.9 Å². The monoisotopic (exact) mass is 237 g/mol. The van der Waals surface area contributed by atoms with Crippen LogP contribution in [0.15, 0.2) is 23.1 Å². The van der Waals surface area contributed by atoms with Crippen LogP contribution in [0.25, 0.3) is 11.0 Å². The molecule has 0 amide bonds. The molecule has 0 spiro atoms. The molecule has 0 aliphatic carbocycles. The number of imidazole rings is 1. The average Bonchev–Trinajstić information content (AvgIpc) is 2.57. The Hall–Kier alpha value is -1.91. The Kier molecular flexibility index (Phi) is 2.38. The van der Waals surface area contributed by atoms with Gasteiger partial charge in [0.25, 0.3) is 10.1 Å². The molecule has 0 saturated heterocycles. The second kappa shape index (κ2) is 3.59. The number of hydrogen-bond donors (Lipinski definition) is 2. The highest BCUT2D eigenvalue weighted by Crippen LogP contribution is 2.17. The molecule has 2 aromatic rings. The molecule has 0 bridgehead atoms. The number of hydrogen-bond acceptors (Lipinski definition) is 4. The standard InChI is InChI=1S/C9H7N3O3S/c10-4-3-9-11-7-2-1-6(16(13,14)15)5-8(7)12-9/h1-2,5H,3H2,(H,11,12)(H,13,14,15). The van der Waals surface area contributed by atoms with Gasteiger partial charge in [0.15, 0.2) is 0 Å². The van der Waals surface area contributed by atoms with E-state index in [1.54, 1.807) is 0 Å². The largest absolute Gasteiger partial charge is 0.341 e. The molecule has 0 fully saturated rings. The zero-order chi connectivity index (χ0) is 11.8. The van der Waals surface area contributed by atoms with Gasteiger partial charge in [-0.15, -0.1) is 0 Å². The van der Waals surface area contributed by atoms with E-state index in [9.17, 15) is 8.42 Å². The van der Waals surface area contributed by atoms with E-state index in [4.69, 9.17) is 9.81 Å². The summed E-state index contributed by atoms with van der Waals surface area (Å²) < 4.78 is 30.6. The quantitative estimate of drug-likeness (QED) is 0.754. The van der Waals surface area contributed by atoms with Crippen molar-refractivity contribution in [3.8, 4) is 6.07 Å². The van der Waals surface area contributed by atoms with Crippen molar-refractivity contribution in [3.05, 3.63) is 24.0 Å². The molecule has 6 nitrogen and oxygen atoms in total. The van der Waals surface area contributed by atoms with Gasteiger partial charge in [-0.25, -0.2) is 4.98 Å². The molecule has 2 rings (SSSR count). The highest BCUT2D eigenvalue weighted by molar-refractivity contribution is 7.85. The normalized spacial score (nSPS) is 11.5. The summed E-state index contributed by atoms with van der Waals surface area (Å²) in [5.74, 6) is 0.463. The van der Waals surface area contributed by atoms with Gasteiger partial charge in [-0.05, 0) is 18.2 Å².